The fourth-order valence-electron chi connectivity index (χ4n) is 1.25. The third-order valence-corrected chi connectivity index (χ3v) is 2.21. The molecular formula is C11H12FNO4. The molecule has 6 heteroatoms. The summed E-state index contributed by atoms with van der Waals surface area (Å²) in [4.78, 5) is 11.6. The molecule has 0 aromatic heterocycles. The second-order valence-electron chi connectivity index (χ2n) is 3.76. The van der Waals surface area contributed by atoms with Crippen LogP contribution in [0, 0.1) is 11.7 Å². The molecule has 0 spiro atoms. The molecule has 17 heavy (non-hydrogen) atoms. The molecular weight excluding hydrogens is 229 g/mol. The van der Waals surface area contributed by atoms with Crippen LogP contribution in [0.5, 0.6) is 11.5 Å². The maximum absolute atomic E-state index is 13.6. The molecule has 3 N–H and O–H groups in total. The number of carbonyl (C=O) groups excluding carboxylic acids is 1. The smallest absolute Gasteiger partial charge is 0.194 e. The van der Waals surface area contributed by atoms with Gasteiger partial charge in [0.2, 0.25) is 0 Å². The summed E-state index contributed by atoms with van der Waals surface area (Å²) >= 11 is 0. The van der Waals surface area contributed by atoms with Crippen molar-refractivity contribution in [1.82, 2.24) is 0 Å². The molecule has 0 unspecified atom stereocenters. The third-order valence-electron chi connectivity index (χ3n) is 2.21. The molecule has 1 rings (SSSR count). The van der Waals surface area contributed by atoms with Crippen molar-refractivity contribution in [2.45, 2.75) is 13.8 Å². The Morgan fingerprint density at radius 1 is 1.35 bits per heavy atom. The number of Topliss-reactive ketones (excluding diaryl/α,β-unsaturated/α-hetero) is 1. The van der Waals surface area contributed by atoms with E-state index in [1.54, 1.807) is 13.8 Å². The predicted molar refractivity (Wildman–Crippen MR) is 57.9 cm³/mol. The van der Waals surface area contributed by atoms with Crippen molar-refractivity contribution in [2.75, 3.05) is 0 Å². The second-order valence-corrected chi connectivity index (χ2v) is 3.76. The monoisotopic (exact) mass is 241 g/mol. The first-order valence-electron chi connectivity index (χ1n) is 4.87. The molecule has 0 atom stereocenters. The molecule has 5 nitrogen and oxygen atoms in total. The molecule has 0 radical (unpaired) electrons. The van der Waals surface area contributed by atoms with Crippen LogP contribution in [0.15, 0.2) is 17.3 Å². The van der Waals surface area contributed by atoms with Gasteiger partial charge in [-0.15, -0.1) is 0 Å². The lowest BCUT2D eigenvalue weighted by Gasteiger charge is -2.09. The quantitative estimate of drug-likeness (QED) is 0.325. The number of hydrogen-bond donors (Lipinski definition) is 3. The van der Waals surface area contributed by atoms with Crippen LogP contribution in [-0.2, 0) is 4.79 Å². The number of nitrogens with zero attached hydrogens (tertiary/aromatic N) is 1. The lowest BCUT2D eigenvalue weighted by atomic mass is 9.98. The molecule has 0 heterocycles. The van der Waals surface area contributed by atoms with Gasteiger partial charge in [-0.1, -0.05) is 19.0 Å². The molecule has 0 bridgehead atoms. The Hall–Kier alpha value is -2.11. The van der Waals surface area contributed by atoms with E-state index in [1.807, 2.05) is 0 Å². The van der Waals surface area contributed by atoms with Crippen LogP contribution in [0.4, 0.5) is 4.39 Å². The van der Waals surface area contributed by atoms with E-state index in [0.29, 0.717) is 0 Å². The van der Waals surface area contributed by atoms with Crippen molar-refractivity contribution in [3.63, 3.8) is 0 Å². The highest BCUT2D eigenvalue weighted by molar-refractivity contribution is 6.46. The first kappa shape index (κ1) is 13.0. The van der Waals surface area contributed by atoms with Crippen LogP contribution < -0.4 is 0 Å². The molecule has 1 aromatic rings. The molecule has 0 fully saturated rings. The first-order chi connectivity index (χ1) is 7.90. The van der Waals surface area contributed by atoms with Crippen molar-refractivity contribution in [1.29, 1.82) is 0 Å². The minimum Gasteiger partial charge on any atom is -0.504 e. The van der Waals surface area contributed by atoms with Crippen LogP contribution in [-0.4, -0.2) is 26.9 Å². The number of halogens is 1. The molecule has 0 aliphatic carbocycles. The molecule has 0 aliphatic heterocycles. The molecule has 0 saturated carbocycles. The minimum absolute atomic E-state index is 0.360. The van der Waals surface area contributed by atoms with Crippen LogP contribution in [0.2, 0.25) is 0 Å². The normalized spacial score (nSPS) is 11.9. The Bertz CT molecular complexity index is 483. The van der Waals surface area contributed by atoms with Gasteiger partial charge in [-0.3, -0.25) is 4.79 Å². The highest BCUT2D eigenvalue weighted by Gasteiger charge is 2.24. The summed E-state index contributed by atoms with van der Waals surface area (Å²) in [5, 5.41) is 29.7. The van der Waals surface area contributed by atoms with Gasteiger partial charge in [-0.25, -0.2) is 4.39 Å². The second kappa shape index (κ2) is 4.82. The summed E-state index contributed by atoms with van der Waals surface area (Å²) < 4.78 is 13.6. The highest BCUT2D eigenvalue weighted by Crippen LogP contribution is 2.30. The lowest BCUT2D eigenvalue weighted by molar-refractivity contribution is -0.115. The van der Waals surface area contributed by atoms with Crippen LogP contribution in [0.3, 0.4) is 0 Å². The number of carbonyl (C=O) groups is 1. The van der Waals surface area contributed by atoms with E-state index in [9.17, 15) is 14.3 Å². The standard InChI is InChI=1S/C11H12FNO4/c1-5(2)10(15)9(13-17)6-3-4-7(14)11(16)8(6)12/h3-5,14,16-17H,1-2H3/b13-9-. The van der Waals surface area contributed by atoms with Gasteiger partial charge < -0.3 is 15.4 Å². The first-order valence-corrected chi connectivity index (χ1v) is 4.87. The Labute approximate surface area is 96.8 Å². The maximum Gasteiger partial charge on any atom is 0.194 e. The fraction of sp³-hybridized carbons (Fsp3) is 0.273. The van der Waals surface area contributed by atoms with Crippen molar-refractivity contribution in [2.24, 2.45) is 11.1 Å². The number of aromatic hydroxyl groups is 2. The molecule has 1 aromatic carbocycles. The topological polar surface area (TPSA) is 90.1 Å². The highest BCUT2D eigenvalue weighted by atomic mass is 19.1. The number of hydrogen-bond acceptors (Lipinski definition) is 5. The average molecular weight is 241 g/mol. The number of phenols is 2. The van der Waals surface area contributed by atoms with E-state index >= 15 is 0 Å². The zero-order valence-corrected chi connectivity index (χ0v) is 9.31. The van der Waals surface area contributed by atoms with Gasteiger partial charge >= 0.3 is 0 Å². The molecule has 0 amide bonds. The van der Waals surface area contributed by atoms with Gasteiger partial charge in [0.25, 0.3) is 0 Å². The predicted octanol–water partition coefficient (Wildman–Crippen LogP) is 1.64. The number of ketones is 1. The van der Waals surface area contributed by atoms with E-state index in [2.05, 4.69) is 5.16 Å². The number of phenolic OH excluding ortho intramolecular Hbond substituents is 2. The van der Waals surface area contributed by atoms with Crippen molar-refractivity contribution < 1.29 is 24.6 Å². The third kappa shape index (κ3) is 2.35. The Morgan fingerprint density at radius 3 is 2.41 bits per heavy atom. The van der Waals surface area contributed by atoms with Crippen molar-refractivity contribution in [3.8, 4) is 11.5 Å². The SMILES string of the molecule is CC(C)C(=O)/C(=N\O)c1ccc(O)c(O)c1F. The Kier molecular flexibility index (Phi) is 3.67. The maximum atomic E-state index is 13.6. The van der Waals surface area contributed by atoms with E-state index in [1.165, 1.54) is 0 Å². The summed E-state index contributed by atoms with van der Waals surface area (Å²) in [5.41, 5.74) is -0.852. The number of rotatable bonds is 3. The van der Waals surface area contributed by atoms with E-state index in [4.69, 9.17) is 10.3 Å². The Balaban J connectivity index is 3.33. The molecule has 0 aliphatic rings. The summed E-state index contributed by atoms with van der Waals surface area (Å²) in [6.45, 7) is 3.12. The summed E-state index contributed by atoms with van der Waals surface area (Å²) in [5.74, 6) is -3.90. The van der Waals surface area contributed by atoms with E-state index < -0.39 is 34.7 Å². The van der Waals surface area contributed by atoms with Gasteiger partial charge in [0.05, 0.1) is 0 Å². The van der Waals surface area contributed by atoms with Gasteiger partial charge in [-0.2, -0.15) is 0 Å². The largest absolute Gasteiger partial charge is 0.504 e. The van der Waals surface area contributed by atoms with E-state index in [0.717, 1.165) is 12.1 Å². The zero-order chi connectivity index (χ0) is 13.2. The van der Waals surface area contributed by atoms with Gasteiger partial charge in [0.15, 0.2) is 28.8 Å². The van der Waals surface area contributed by atoms with Crippen molar-refractivity contribution >= 4 is 11.5 Å². The van der Waals surface area contributed by atoms with Gasteiger partial charge in [0.1, 0.15) is 0 Å². The zero-order valence-electron chi connectivity index (χ0n) is 9.31. The van der Waals surface area contributed by atoms with Crippen LogP contribution in [0.1, 0.15) is 19.4 Å². The van der Waals surface area contributed by atoms with Crippen LogP contribution in [0.25, 0.3) is 0 Å². The van der Waals surface area contributed by atoms with E-state index in [-0.39, 0.29) is 5.56 Å². The minimum atomic E-state index is -1.20. The van der Waals surface area contributed by atoms with Crippen LogP contribution >= 0.6 is 0 Å². The molecule has 0 saturated heterocycles. The fourth-order valence-corrected chi connectivity index (χ4v) is 1.25. The lowest BCUT2D eigenvalue weighted by Crippen LogP contribution is -2.22. The van der Waals surface area contributed by atoms with Crippen molar-refractivity contribution in [3.05, 3.63) is 23.5 Å². The average Bonchev–Trinajstić information content (AvgIpc) is 2.29. The van der Waals surface area contributed by atoms with Gasteiger partial charge in [-0.05, 0) is 12.1 Å². The molecule has 92 valence electrons. The summed E-state index contributed by atoms with van der Waals surface area (Å²) in [6.07, 6.45) is 0. The summed E-state index contributed by atoms with van der Waals surface area (Å²) in [6, 6.07) is 2.06. The number of benzene rings is 1. The Morgan fingerprint density at radius 2 is 1.94 bits per heavy atom. The van der Waals surface area contributed by atoms with Gasteiger partial charge in [0, 0.05) is 11.5 Å². The summed E-state index contributed by atoms with van der Waals surface area (Å²) in [7, 11) is 0. The number of oxime groups is 1.